The molecule has 2 aromatic carbocycles. The van der Waals surface area contributed by atoms with Crippen molar-refractivity contribution < 1.29 is 9.13 Å². The van der Waals surface area contributed by atoms with E-state index in [1.807, 2.05) is 18.2 Å². The Morgan fingerprint density at radius 3 is 2.82 bits per heavy atom. The summed E-state index contributed by atoms with van der Waals surface area (Å²) in [6.07, 6.45) is 1.66. The molecule has 1 aromatic heterocycles. The topological polar surface area (TPSA) is 73.4 Å². The number of hydrogen-bond donors (Lipinski definition) is 1. The van der Waals surface area contributed by atoms with Crippen LogP contribution in [0.2, 0.25) is 0 Å². The molecule has 0 radical (unpaired) electrons. The Morgan fingerprint density at radius 1 is 1.18 bits per heavy atom. The molecular formula is C22H17FN4O. The lowest BCUT2D eigenvalue weighted by Gasteiger charge is -2.14. The van der Waals surface area contributed by atoms with Crippen molar-refractivity contribution in [1.82, 2.24) is 9.97 Å². The van der Waals surface area contributed by atoms with Crippen LogP contribution in [0.25, 0.3) is 11.3 Å². The van der Waals surface area contributed by atoms with Gasteiger partial charge >= 0.3 is 0 Å². The van der Waals surface area contributed by atoms with Gasteiger partial charge in [-0.05, 0) is 31.2 Å². The van der Waals surface area contributed by atoms with E-state index in [1.54, 1.807) is 25.3 Å². The largest absolute Gasteiger partial charge is 0.496 e. The van der Waals surface area contributed by atoms with Crippen molar-refractivity contribution in [3.63, 3.8) is 0 Å². The van der Waals surface area contributed by atoms with Crippen LogP contribution in [0, 0.1) is 17.7 Å². The Kier molecular flexibility index (Phi) is 4.50. The monoisotopic (exact) mass is 372 g/mol. The molecule has 0 aliphatic carbocycles. The molecule has 4 rings (SSSR count). The summed E-state index contributed by atoms with van der Waals surface area (Å²) >= 11 is 0. The molecule has 0 saturated carbocycles. The fourth-order valence-electron chi connectivity index (χ4n) is 3.31. The minimum Gasteiger partial charge on any atom is -0.496 e. The Labute approximate surface area is 162 Å². The van der Waals surface area contributed by atoms with E-state index in [0.717, 1.165) is 22.3 Å². The van der Waals surface area contributed by atoms with Gasteiger partial charge in [-0.1, -0.05) is 18.1 Å². The molecule has 0 fully saturated rings. The van der Waals surface area contributed by atoms with Gasteiger partial charge in [0.25, 0.3) is 0 Å². The Morgan fingerprint density at radius 2 is 2.04 bits per heavy atom. The number of benzene rings is 2. The molecule has 0 saturated heterocycles. The van der Waals surface area contributed by atoms with Crippen molar-refractivity contribution in [2.24, 2.45) is 4.99 Å². The molecule has 6 heteroatoms. The second-order valence-electron chi connectivity index (χ2n) is 6.22. The van der Waals surface area contributed by atoms with Crippen molar-refractivity contribution in [2.75, 3.05) is 12.8 Å². The van der Waals surface area contributed by atoms with E-state index >= 15 is 0 Å². The first-order valence-electron chi connectivity index (χ1n) is 8.68. The number of rotatable bonds is 2. The normalized spacial score (nSPS) is 12.0. The molecule has 0 bridgehead atoms. The van der Waals surface area contributed by atoms with E-state index in [1.165, 1.54) is 13.2 Å². The van der Waals surface area contributed by atoms with E-state index in [0.29, 0.717) is 29.3 Å². The highest BCUT2D eigenvalue weighted by Gasteiger charge is 2.25. The van der Waals surface area contributed by atoms with E-state index < -0.39 is 5.82 Å². The first-order valence-corrected chi connectivity index (χ1v) is 8.68. The van der Waals surface area contributed by atoms with Gasteiger partial charge in [-0.15, -0.1) is 5.92 Å². The van der Waals surface area contributed by atoms with Crippen LogP contribution in [0.1, 0.15) is 29.2 Å². The summed E-state index contributed by atoms with van der Waals surface area (Å²) in [5.74, 6) is 6.11. The fraction of sp³-hybridized carbons (Fsp3) is 0.136. The quantitative estimate of drug-likeness (QED) is 0.698. The number of nitrogens with two attached hydrogens (primary N) is 1. The lowest BCUT2D eigenvalue weighted by Crippen LogP contribution is -2.10. The van der Waals surface area contributed by atoms with Crippen LogP contribution in [0.4, 0.5) is 10.3 Å². The van der Waals surface area contributed by atoms with Gasteiger partial charge in [-0.3, -0.25) is 4.99 Å². The molecule has 138 valence electrons. The van der Waals surface area contributed by atoms with E-state index in [9.17, 15) is 4.39 Å². The number of fused-ring (bicyclic) bond motifs is 3. The average Bonchev–Trinajstić information content (AvgIpc) is 2.84. The summed E-state index contributed by atoms with van der Waals surface area (Å²) in [5.41, 5.74) is 10.4. The number of nitrogen functional groups attached to an aromatic ring is 1. The zero-order chi connectivity index (χ0) is 19.7. The Bertz CT molecular complexity index is 1170. The molecule has 0 spiro atoms. The van der Waals surface area contributed by atoms with Gasteiger partial charge in [0.1, 0.15) is 11.6 Å². The fourth-order valence-corrected chi connectivity index (χ4v) is 3.31. The maximum Gasteiger partial charge on any atom is 0.220 e. The number of anilines is 1. The molecule has 2 heterocycles. The van der Waals surface area contributed by atoms with Gasteiger partial charge in [-0.2, -0.15) is 0 Å². The summed E-state index contributed by atoms with van der Waals surface area (Å²) in [7, 11) is 1.51. The molecule has 5 nitrogen and oxygen atoms in total. The third-order valence-corrected chi connectivity index (χ3v) is 4.52. The average molecular weight is 372 g/mol. The molecule has 0 amide bonds. The summed E-state index contributed by atoms with van der Waals surface area (Å²) < 4.78 is 20.3. The number of halogens is 1. The molecular weight excluding hydrogens is 355 g/mol. The number of ether oxygens (including phenoxy) is 1. The van der Waals surface area contributed by atoms with E-state index in [4.69, 9.17) is 15.5 Å². The summed E-state index contributed by atoms with van der Waals surface area (Å²) in [5, 5.41) is 0. The maximum absolute atomic E-state index is 14.9. The molecule has 2 N–H and O–H groups in total. The highest BCUT2D eigenvalue weighted by molar-refractivity contribution is 6.18. The van der Waals surface area contributed by atoms with Gasteiger partial charge in [0.05, 0.1) is 30.6 Å². The van der Waals surface area contributed by atoms with Crippen LogP contribution in [0.5, 0.6) is 5.75 Å². The van der Waals surface area contributed by atoms with Crippen molar-refractivity contribution in [3.8, 4) is 28.8 Å². The maximum atomic E-state index is 14.9. The molecule has 0 atom stereocenters. The van der Waals surface area contributed by atoms with Crippen LogP contribution < -0.4 is 10.5 Å². The van der Waals surface area contributed by atoms with Gasteiger partial charge in [0.2, 0.25) is 5.95 Å². The lowest BCUT2D eigenvalue weighted by atomic mass is 9.93. The highest BCUT2D eigenvalue weighted by Crippen LogP contribution is 2.35. The van der Waals surface area contributed by atoms with Crippen LogP contribution in [-0.2, 0) is 6.54 Å². The van der Waals surface area contributed by atoms with E-state index in [2.05, 4.69) is 21.8 Å². The Balaban J connectivity index is 2.05. The number of nitrogens with zero attached hydrogens (tertiary/aromatic N) is 3. The minimum atomic E-state index is -0.410. The molecule has 0 unspecified atom stereocenters. The predicted octanol–water partition coefficient (Wildman–Crippen LogP) is 3.60. The van der Waals surface area contributed by atoms with Crippen LogP contribution in [0.3, 0.4) is 0 Å². The summed E-state index contributed by atoms with van der Waals surface area (Å²) in [4.78, 5) is 13.2. The number of aromatic nitrogens is 2. The highest BCUT2D eigenvalue weighted by atomic mass is 19.1. The van der Waals surface area contributed by atoms with Gasteiger partial charge in [0.15, 0.2) is 0 Å². The molecule has 28 heavy (non-hydrogen) atoms. The second-order valence-corrected chi connectivity index (χ2v) is 6.22. The minimum absolute atomic E-state index is 0.175. The van der Waals surface area contributed by atoms with E-state index in [-0.39, 0.29) is 5.95 Å². The number of hydrogen-bond acceptors (Lipinski definition) is 5. The van der Waals surface area contributed by atoms with Crippen molar-refractivity contribution in [2.45, 2.75) is 13.5 Å². The number of aliphatic imine (C=N–C) groups is 1. The van der Waals surface area contributed by atoms with Crippen LogP contribution in [-0.4, -0.2) is 22.8 Å². The molecule has 3 aromatic rings. The molecule has 1 aliphatic heterocycles. The van der Waals surface area contributed by atoms with Gasteiger partial charge in [0, 0.05) is 28.5 Å². The molecule has 1 aliphatic rings. The predicted molar refractivity (Wildman–Crippen MR) is 107 cm³/mol. The van der Waals surface area contributed by atoms with Crippen LogP contribution >= 0.6 is 0 Å². The van der Waals surface area contributed by atoms with Gasteiger partial charge < -0.3 is 10.5 Å². The lowest BCUT2D eigenvalue weighted by molar-refractivity contribution is 0.410. The SMILES string of the molecule is CC#Cc1ccc2c(c1)C(c1c(F)cccc1OC)=NCc1cnc(N)nc1-2. The Hall–Kier alpha value is -3.72. The zero-order valence-corrected chi connectivity index (χ0v) is 15.5. The van der Waals surface area contributed by atoms with Gasteiger partial charge in [-0.25, -0.2) is 14.4 Å². The number of methoxy groups -OCH3 is 1. The zero-order valence-electron chi connectivity index (χ0n) is 15.5. The first kappa shape index (κ1) is 17.7. The summed E-state index contributed by atoms with van der Waals surface area (Å²) in [6.45, 7) is 2.07. The van der Waals surface area contributed by atoms with Crippen molar-refractivity contribution >= 4 is 11.7 Å². The van der Waals surface area contributed by atoms with Crippen LogP contribution in [0.15, 0.2) is 47.6 Å². The smallest absolute Gasteiger partial charge is 0.220 e. The standard InChI is InChI=1S/C22H17FN4O/c1-3-5-13-8-9-15-16(10-13)21(19-17(23)6-4-7-18(19)28-2)25-11-14-12-26-22(24)27-20(14)15/h4,6-10,12H,11H2,1-2H3,(H2,24,26,27). The van der Waals surface area contributed by atoms with Crippen molar-refractivity contribution in [1.29, 1.82) is 0 Å². The third kappa shape index (κ3) is 2.97. The first-order chi connectivity index (χ1) is 13.6. The third-order valence-electron chi connectivity index (χ3n) is 4.52. The van der Waals surface area contributed by atoms with Crippen molar-refractivity contribution in [3.05, 3.63) is 70.7 Å². The summed E-state index contributed by atoms with van der Waals surface area (Å²) in [6, 6.07) is 10.4. The second kappa shape index (κ2) is 7.12.